The first-order valence-corrected chi connectivity index (χ1v) is 5.32. The van der Waals surface area contributed by atoms with E-state index in [-0.39, 0.29) is 0 Å². The highest BCUT2D eigenvalue weighted by Gasteiger charge is 2.13. The van der Waals surface area contributed by atoms with Crippen molar-refractivity contribution in [3.63, 3.8) is 0 Å². The van der Waals surface area contributed by atoms with Gasteiger partial charge in [0.2, 0.25) is 0 Å². The Labute approximate surface area is 85.6 Å². The number of hydrogen-bond acceptors (Lipinski definition) is 1. The minimum absolute atomic E-state index is 0.566. The topological polar surface area (TPSA) is 26.0 Å². The summed E-state index contributed by atoms with van der Waals surface area (Å²) in [5, 5.41) is 0. The monoisotopic (exact) mass is 187 g/mol. The van der Waals surface area contributed by atoms with E-state index in [4.69, 9.17) is 5.73 Å². The van der Waals surface area contributed by atoms with Gasteiger partial charge in [-0.15, -0.1) is 0 Å². The maximum absolute atomic E-state index is 5.64. The van der Waals surface area contributed by atoms with Crippen LogP contribution in [0, 0.1) is 0 Å². The smallest absolute Gasteiger partial charge is 0.0178 e. The number of hydrogen-bond donors (Lipinski definition) is 1. The first-order valence-electron chi connectivity index (χ1n) is 5.32. The Morgan fingerprint density at radius 1 is 1.29 bits per heavy atom. The van der Waals surface area contributed by atoms with E-state index in [2.05, 4.69) is 24.8 Å². The maximum atomic E-state index is 5.64. The van der Waals surface area contributed by atoms with Gasteiger partial charge in [0.15, 0.2) is 0 Å². The third-order valence-electron chi connectivity index (χ3n) is 3.02. The van der Waals surface area contributed by atoms with E-state index in [1.807, 2.05) is 0 Å². The van der Waals surface area contributed by atoms with E-state index in [1.54, 1.807) is 0 Å². The van der Waals surface area contributed by atoms with Gasteiger partial charge in [-0.3, -0.25) is 0 Å². The molecule has 1 nitrogen and oxygen atoms in total. The maximum Gasteiger partial charge on any atom is 0.0178 e. The van der Waals surface area contributed by atoms with Crippen LogP contribution in [-0.2, 0) is 12.8 Å². The van der Waals surface area contributed by atoms with Crippen molar-refractivity contribution in [2.45, 2.75) is 25.7 Å². The van der Waals surface area contributed by atoms with Gasteiger partial charge in [0, 0.05) is 6.54 Å². The molecule has 0 aliphatic heterocycles. The van der Waals surface area contributed by atoms with Crippen molar-refractivity contribution >= 4 is 5.57 Å². The van der Waals surface area contributed by atoms with Crippen LogP contribution < -0.4 is 5.73 Å². The lowest BCUT2D eigenvalue weighted by Gasteiger charge is -2.19. The molecule has 1 aliphatic carbocycles. The fourth-order valence-electron chi connectivity index (χ4n) is 2.22. The molecule has 0 heterocycles. The van der Waals surface area contributed by atoms with E-state index in [0.29, 0.717) is 6.54 Å². The van der Waals surface area contributed by atoms with Crippen LogP contribution in [0.4, 0.5) is 0 Å². The predicted octanol–water partition coefficient (Wildman–Crippen LogP) is 2.54. The van der Waals surface area contributed by atoms with Crippen LogP contribution in [0.2, 0.25) is 0 Å². The lowest BCUT2D eigenvalue weighted by molar-refractivity contribution is 0.684. The molecule has 2 N–H and O–H groups in total. The normalized spacial score (nSPS) is 14.9. The molecule has 0 saturated carbocycles. The van der Waals surface area contributed by atoms with E-state index in [1.165, 1.54) is 42.4 Å². The molecule has 0 saturated heterocycles. The minimum Gasteiger partial charge on any atom is -0.326 e. The quantitative estimate of drug-likeness (QED) is 0.756. The number of aryl methyl sites for hydroxylation is 1. The zero-order valence-corrected chi connectivity index (χ0v) is 8.55. The van der Waals surface area contributed by atoms with Crippen molar-refractivity contribution in [1.29, 1.82) is 0 Å². The molecular weight excluding hydrogens is 170 g/mol. The number of fused-ring (bicyclic) bond motifs is 1. The second-order valence-electron chi connectivity index (χ2n) is 3.96. The van der Waals surface area contributed by atoms with E-state index in [9.17, 15) is 0 Å². The third kappa shape index (κ3) is 1.60. The Kier molecular flexibility index (Phi) is 2.69. The average Bonchev–Trinajstić information content (AvgIpc) is 2.27. The molecule has 0 radical (unpaired) electrons. The van der Waals surface area contributed by atoms with Gasteiger partial charge in [-0.25, -0.2) is 0 Å². The van der Waals surface area contributed by atoms with Gasteiger partial charge in [0.1, 0.15) is 0 Å². The van der Waals surface area contributed by atoms with Crippen molar-refractivity contribution in [2.24, 2.45) is 5.73 Å². The van der Waals surface area contributed by atoms with E-state index >= 15 is 0 Å². The molecule has 0 bridgehead atoms. The van der Waals surface area contributed by atoms with Gasteiger partial charge in [-0.05, 0) is 47.9 Å². The molecule has 0 amide bonds. The van der Waals surface area contributed by atoms with E-state index in [0.717, 1.165) is 5.57 Å². The SMILES string of the molecule is C=C(CN)c1cccc2c1CCCC2. The van der Waals surface area contributed by atoms with Gasteiger partial charge in [-0.1, -0.05) is 24.8 Å². The molecule has 14 heavy (non-hydrogen) atoms. The summed E-state index contributed by atoms with van der Waals surface area (Å²) in [6, 6.07) is 6.52. The second kappa shape index (κ2) is 3.97. The molecule has 0 spiro atoms. The summed E-state index contributed by atoms with van der Waals surface area (Å²) in [5.74, 6) is 0. The molecule has 0 unspecified atom stereocenters. The van der Waals surface area contributed by atoms with Crippen molar-refractivity contribution in [1.82, 2.24) is 0 Å². The summed E-state index contributed by atoms with van der Waals surface area (Å²) in [5.41, 5.74) is 11.0. The van der Waals surface area contributed by atoms with Crippen LogP contribution in [0.5, 0.6) is 0 Å². The molecule has 2 rings (SSSR count). The van der Waals surface area contributed by atoms with E-state index < -0.39 is 0 Å². The first kappa shape index (κ1) is 9.47. The van der Waals surface area contributed by atoms with Crippen LogP contribution in [0.3, 0.4) is 0 Å². The van der Waals surface area contributed by atoms with Crippen molar-refractivity contribution in [2.75, 3.05) is 6.54 Å². The Bertz CT molecular complexity index is 352. The zero-order chi connectivity index (χ0) is 9.97. The summed E-state index contributed by atoms with van der Waals surface area (Å²) < 4.78 is 0. The largest absolute Gasteiger partial charge is 0.326 e. The summed E-state index contributed by atoms with van der Waals surface area (Å²) in [6.07, 6.45) is 5.05. The average molecular weight is 187 g/mol. The van der Waals surface area contributed by atoms with Crippen LogP contribution in [0.1, 0.15) is 29.5 Å². The Morgan fingerprint density at radius 2 is 2.07 bits per heavy atom. The molecule has 74 valence electrons. The Balaban J connectivity index is 2.45. The van der Waals surface area contributed by atoms with Gasteiger partial charge in [0.05, 0.1) is 0 Å². The highest BCUT2D eigenvalue weighted by atomic mass is 14.5. The van der Waals surface area contributed by atoms with Crippen LogP contribution in [-0.4, -0.2) is 6.54 Å². The Hall–Kier alpha value is -1.08. The fourth-order valence-corrected chi connectivity index (χ4v) is 2.22. The number of nitrogens with two attached hydrogens (primary N) is 1. The lowest BCUT2D eigenvalue weighted by atomic mass is 9.86. The molecule has 0 fully saturated rings. The summed E-state index contributed by atoms with van der Waals surface area (Å²) in [4.78, 5) is 0. The number of benzene rings is 1. The van der Waals surface area contributed by atoms with Gasteiger partial charge < -0.3 is 5.73 Å². The van der Waals surface area contributed by atoms with Gasteiger partial charge >= 0.3 is 0 Å². The molecular formula is C13H17N. The Morgan fingerprint density at radius 3 is 2.86 bits per heavy atom. The third-order valence-corrected chi connectivity index (χ3v) is 3.02. The second-order valence-corrected chi connectivity index (χ2v) is 3.96. The molecule has 1 heteroatoms. The zero-order valence-electron chi connectivity index (χ0n) is 8.55. The van der Waals surface area contributed by atoms with Crippen molar-refractivity contribution < 1.29 is 0 Å². The molecule has 1 aromatic carbocycles. The van der Waals surface area contributed by atoms with Crippen LogP contribution in [0.15, 0.2) is 24.8 Å². The van der Waals surface area contributed by atoms with Gasteiger partial charge in [-0.2, -0.15) is 0 Å². The predicted molar refractivity (Wildman–Crippen MR) is 61.2 cm³/mol. The molecule has 0 atom stereocenters. The van der Waals surface area contributed by atoms with Crippen molar-refractivity contribution in [3.8, 4) is 0 Å². The molecule has 0 aromatic heterocycles. The minimum atomic E-state index is 0.566. The highest BCUT2D eigenvalue weighted by molar-refractivity contribution is 5.68. The molecule has 1 aliphatic rings. The van der Waals surface area contributed by atoms with Crippen molar-refractivity contribution in [3.05, 3.63) is 41.5 Å². The lowest BCUT2D eigenvalue weighted by Crippen LogP contribution is -2.09. The van der Waals surface area contributed by atoms with Crippen LogP contribution >= 0.6 is 0 Å². The highest BCUT2D eigenvalue weighted by Crippen LogP contribution is 2.27. The number of rotatable bonds is 2. The van der Waals surface area contributed by atoms with Gasteiger partial charge in [0.25, 0.3) is 0 Å². The first-order chi connectivity index (χ1) is 6.83. The standard InChI is InChI=1S/C13H17N/c1-10(9-14)12-8-4-6-11-5-2-3-7-13(11)12/h4,6,8H,1-3,5,7,9,14H2. The fraction of sp³-hybridized carbons (Fsp3) is 0.385. The summed E-state index contributed by atoms with van der Waals surface area (Å²) in [7, 11) is 0. The summed E-state index contributed by atoms with van der Waals surface area (Å²) >= 11 is 0. The van der Waals surface area contributed by atoms with Crippen LogP contribution in [0.25, 0.3) is 5.57 Å². The summed E-state index contributed by atoms with van der Waals surface area (Å²) in [6.45, 7) is 4.59. The molecule has 1 aromatic rings.